The van der Waals surface area contributed by atoms with Gasteiger partial charge in [0.05, 0.1) is 0 Å². The Labute approximate surface area is 164 Å². The van der Waals surface area contributed by atoms with E-state index < -0.39 is 12.3 Å². The number of benzene rings is 2. The predicted octanol–water partition coefficient (Wildman–Crippen LogP) is 4.77. The van der Waals surface area contributed by atoms with Gasteiger partial charge in [0.1, 0.15) is 12.3 Å². The number of rotatable bonds is 5. The van der Waals surface area contributed by atoms with E-state index in [4.69, 9.17) is 0 Å². The third-order valence-corrected chi connectivity index (χ3v) is 5.97. The first kappa shape index (κ1) is 19.6. The van der Waals surface area contributed by atoms with Gasteiger partial charge in [-0.3, -0.25) is 4.90 Å². The fourth-order valence-corrected chi connectivity index (χ4v) is 4.07. The first-order chi connectivity index (χ1) is 12.6. The van der Waals surface area contributed by atoms with Crippen LogP contribution in [0.15, 0.2) is 53.0 Å². The lowest BCUT2D eigenvalue weighted by atomic mass is 9.87. The summed E-state index contributed by atoms with van der Waals surface area (Å²) >= 11 is 3.48. The molecule has 2 aromatic carbocycles. The molecule has 140 valence electrons. The maximum Gasteiger partial charge on any atom is 0.134 e. The number of halogens is 1. The molecule has 1 aliphatic heterocycles. The van der Waals surface area contributed by atoms with E-state index in [-0.39, 0.29) is 5.92 Å². The van der Waals surface area contributed by atoms with Crippen LogP contribution in [0.2, 0.25) is 0 Å². The minimum Gasteiger partial charge on any atom is -0.388 e. The van der Waals surface area contributed by atoms with Crippen LogP contribution in [0, 0.1) is 0 Å². The van der Waals surface area contributed by atoms with Crippen LogP contribution >= 0.6 is 15.9 Å². The third-order valence-electron chi connectivity index (χ3n) is 5.44. The molecular formula is C22H28BrNO2. The standard InChI is InChI=1S/C22H28BrNO2/c1-16(21(25)22(26)24-14-6-2-3-7-15-24)19-8-4-5-9-20(19)17-10-12-18(23)13-11-17/h4-5,8-13,16,21-22,25-26H,2-3,6-7,14-15H2,1H3. The summed E-state index contributed by atoms with van der Waals surface area (Å²) in [4.78, 5) is 2.04. The van der Waals surface area contributed by atoms with E-state index in [0.29, 0.717) is 0 Å². The van der Waals surface area contributed by atoms with Crippen molar-refractivity contribution in [2.24, 2.45) is 0 Å². The quantitative estimate of drug-likeness (QED) is 0.735. The Bertz CT molecular complexity index is 696. The number of aliphatic hydroxyl groups is 2. The van der Waals surface area contributed by atoms with Crippen molar-refractivity contribution in [3.05, 3.63) is 58.6 Å². The minimum absolute atomic E-state index is 0.159. The highest BCUT2D eigenvalue weighted by Crippen LogP contribution is 2.33. The van der Waals surface area contributed by atoms with E-state index >= 15 is 0 Å². The Hall–Kier alpha value is -1.20. The van der Waals surface area contributed by atoms with Crippen LogP contribution in [0.5, 0.6) is 0 Å². The van der Waals surface area contributed by atoms with E-state index in [2.05, 4.69) is 40.2 Å². The molecule has 26 heavy (non-hydrogen) atoms. The van der Waals surface area contributed by atoms with Gasteiger partial charge in [-0.05, 0) is 41.7 Å². The van der Waals surface area contributed by atoms with Crippen molar-refractivity contribution in [1.82, 2.24) is 4.90 Å². The molecule has 0 bridgehead atoms. The summed E-state index contributed by atoms with van der Waals surface area (Å²) in [6.07, 6.45) is 2.97. The van der Waals surface area contributed by atoms with Crippen LogP contribution in [0.4, 0.5) is 0 Å². The molecule has 4 heteroatoms. The maximum atomic E-state index is 10.9. The summed E-state index contributed by atoms with van der Waals surface area (Å²) in [7, 11) is 0. The van der Waals surface area contributed by atoms with Crippen LogP contribution in [0.3, 0.4) is 0 Å². The Balaban J connectivity index is 1.82. The molecule has 3 atom stereocenters. The van der Waals surface area contributed by atoms with Crippen molar-refractivity contribution in [3.63, 3.8) is 0 Å². The van der Waals surface area contributed by atoms with Crippen molar-refractivity contribution in [3.8, 4) is 11.1 Å². The summed E-state index contributed by atoms with van der Waals surface area (Å²) in [5.74, 6) is -0.159. The van der Waals surface area contributed by atoms with E-state index in [1.165, 1.54) is 12.8 Å². The van der Waals surface area contributed by atoms with Crippen LogP contribution < -0.4 is 0 Å². The van der Waals surface area contributed by atoms with E-state index in [1.54, 1.807) is 0 Å². The monoisotopic (exact) mass is 417 g/mol. The molecule has 1 aliphatic rings. The predicted molar refractivity (Wildman–Crippen MR) is 110 cm³/mol. The lowest BCUT2D eigenvalue weighted by molar-refractivity contribution is -0.0896. The lowest BCUT2D eigenvalue weighted by Crippen LogP contribution is -2.46. The molecule has 0 aromatic heterocycles. The fourth-order valence-electron chi connectivity index (χ4n) is 3.80. The second-order valence-electron chi connectivity index (χ2n) is 7.24. The van der Waals surface area contributed by atoms with Crippen LogP contribution in [0.25, 0.3) is 11.1 Å². The van der Waals surface area contributed by atoms with E-state index in [1.807, 2.05) is 36.1 Å². The van der Waals surface area contributed by atoms with Crippen molar-refractivity contribution in [1.29, 1.82) is 0 Å². The van der Waals surface area contributed by atoms with Crippen molar-refractivity contribution in [2.75, 3.05) is 13.1 Å². The Morgan fingerprint density at radius 2 is 1.50 bits per heavy atom. The zero-order valence-electron chi connectivity index (χ0n) is 15.3. The van der Waals surface area contributed by atoms with Gasteiger partial charge in [0, 0.05) is 23.5 Å². The molecule has 2 aromatic rings. The zero-order valence-corrected chi connectivity index (χ0v) is 16.9. The van der Waals surface area contributed by atoms with Gasteiger partial charge in [-0.1, -0.05) is 72.1 Å². The van der Waals surface area contributed by atoms with Crippen molar-refractivity contribution >= 4 is 15.9 Å². The maximum absolute atomic E-state index is 10.9. The van der Waals surface area contributed by atoms with Gasteiger partial charge in [0.15, 0.2) is 0 Å². The molecule has 0 aliphatic carbocycles. The molecule has 1 saturated heterocycles. The van der Waals surface area contributed by atoms with Gasteiger partial charge in [-0.2, -0.15) is 0 Å². The average molecular weight is 418 g/mol. The second kappa shape index (κ2) is 9.14. The summed E-state index contributed by atoms with van der Waals surface area (Å²) in [6.45, 7) is 3.72. The highest BCUT2D eigenvalue weighted by atomic mass is 79.9. The molecular weight excluding hydrogens is 390 g/mol. The van der Waals surface area contributed by atoms with E-state index in [0.717, 1.165) is 47.1 Å². The Morgan fingerprint density at radius 3 is 2.15 bits per heavy atom. The molecule has 1 heterocycles. The van der Waals surface area contributed by atoms with Gasteiger partial charge in [-0.15, -0.1) is 0 Å². The highest BCUT2D eigenvalue weighted by molar-refractivity contribution is 9.10. The summed E-state index contributed by atoms with van der Waals surface area (Å²) in [5, 5.41) is 21.7. The van der Waals surface area contributed by atoms with Crippen molar-refractivity contribution < 1.29 is 10.2 Å². The van der Waals surface area contributed by atoms with Gasteiger partial charge in [0.2, 0.25) is 0 Å². The molecule has 3 unspecified atom stereocenters. The fraction of sp³-hybridized carbons (Fsp3) is 0.455. The molecule has 0 amide bonds. The number of hydrogen-bond acceptors (Lipinski definition) is 3. The number of aliphatic hydroxyl groups excluding tert-OH is 2. The molecule has 0 radical (unpaired) electrons. The molecule has 0 saturated carbocycles. The number of likely N-dealkylation sites (tertiary alicyclic amines) is 1. The first-order valence-electron chi connectivity index (χ1n) is 9.53. The summed E-state index contributed by atoms with van der Waals surface area (Å²) < 4.78 is 1.04. The highest BCUT2D eigenvalue weighted by Gasteiger charge is 2.30. The lowest BCUT2D eigenvalue weighted by Gasteiger charge is -2.33. The zero-order chi connectivity index (χ0) is 18.5. The van der Waals surface area contributed by atoms with Crippen LogP contribution in [0.1, 0.15) is 44.1 Å². The van der Waals surface area contributed by atoms with Gasteiger partial charge >= 0.3 is 0 Å². The third kappa shape index (κ3) is 4.55. The number of hydrogen-bond donors (Lipinski definition) is 2. The van der Waals surface area contributed by atoms with Gasteiger partial charge in [-0.25, -0.2) is 0 Å². The first-order valence-corrected chi connectivity index (χ1v) is 10.3. The SMILES string of the molecule is CC(c1ccccc1-c1ccc(Br)cc1)C(O)C(O)N1CCCCCC1. The second-order valence-corrected chi connectivity index (χ2v) is 8.15. The molecule has 1 fully saturated rings. The van der Waals surface area contributed by atoms with Crippen LogP contribution in [-0.2, 0) is 0 Å². The molecule has 2 N–H and O–H groups in total. The van der Waals surface area contributed by atoms with Gasteiger partial charge in [0.25, 0.3) is 0 Å². The van der Waals surface area contributed by atoms with Gasteiger partial charge < -0.3 is 10.2 Å². The molecule has 0 spiro atoms. The summed E-state index contributed by atoms with van der Waals surface area (Å²) in [6, 6.07) is 16.4. The Morgan fingerprint density at radius 1 is 0.885 bits per heavy atom. The topological polar surface area (TPSA) is 43.7 Å². The Kier molecular flexibility index (Phi) is 6.87. The normalized spacial score (nSPS) is 19.5. The van der Waals surface area contributed by atoms with E-state index in [9.17, 15) is 10.2 Å². The van der Waals surface area contributed by atoms with Crippen molar-refractivity contribution in [2.45, 2.75) is 50.9 Å². The minimum atomic E-state index is -0.818. The molecule has 3 nitrogen and oxygen atoms in total. The van der Waals surface area contributed by atoms with Crippen LogP contribution in [-0.4, -0.2) is 40.5 Å². The number of nitrogens with zero attached hydrogens (tertiary/aromatic N) is 1. The summed E-state index contributed by atoms with van der Waals surface area (Å²) in [5.41, 5.74) is 3.29. The largest absolute Gasteiger partial charge is 0.388 e. The molecule has 3 rings (SSSR count). The average Bonchev–Trinajstić information content (AvgIpc) is 2.96. The smallest absolute Gasteiger partial charge is 0.134 e.